The van der Waals surface area contributed by atoms with Gasteiger partial charge in [0.1, 0.15) is 5.82 Å². The zero-order valence-corrected chi connectivity index (χ0v) is 10.6. The largest absolute Gasteiger partial charge is 0.339 e. The molecule has 0 unspecified atom stereocenters. The number of nitrogens with one attached hydrogen (secondary N) is 1. The summed E-state index contributed by atoms with van der Waals surface area (Å²) in [6, 6.07) is 6.24. The molecule has 100 valence electrons. The van der Waals surface area contributed by atoms with Crippen LogP contribution in [0.1, 0.15) is 18.7 Å². The van der Waals surface area contributed by atoms with Gasteiger partial charge in [0.15, 0.2) is 0 Å². The van der Waals surface area contributed by atoms with Crippen LogP contribution in [0.5, 0.6) is 0 Å². The zero-order valence-electron chi connectivity index (χ0n) is 10.6. The molecular formula is C14H16FN3O. The molecular weight excluding hydrogens is 245 g/mol. The highest BCUT2D eigenvalue weighted by atomic mass is 19.1. The van der Waals surface area contributed by atoms with Gasteiger partial charge in [-0.15, -0.1) is 0 Å². The molecule has 1 saturated heterocycles. The van der Waals surface area contributed by atoms with Crippen molar-refractivity contribution in [3.05, 3.63) is 36.0 Å². The highest BCUT2D eigenvalue weighted by molar-refractivity contribution is 5.53. The third-order valence-electron chi connectivity index (χ3n) is 3.47. The standard InChI is InChI=1S/C14H16FN3O/c15-12-3-1-2-11(9-12)14-17-13(19-18-14)8-10-4-6-16-7-5-10/h1-3,9-10,16H,4-8H2. The van der Waals surface area contributed by atoms with Crippen LogP contribution in [-0.4, -0.2) is 23.2 Å². The number of nitrogens with zero attached hydrogens (tertiary/aromatic N) is 2. The summed E-state index contributed by atoms with van der Waals surface area (Å²) in [6.45, 7) is 2.10. The first kappa shape index (κ1) is 12.3. The van der Waals surface area contributed by atoms with Gasteiger partial charge in [0, 0.05) is 12.0 Å². The molecule has 3 rings (SSSR count). The van der Waals surface area contributed by atoms with Crippen LogP contribution in [0.25, 0.3) is 11.4 Å². The number of piperidine rings is 1. The second-order valence-corrected chi connectivity index (χ2v) is 4.92. The number of rotatable bonds is 3. The van der Waals surface area contributed by atoms with Crippen LogP contribution in [0.15, 0.2) is 28.8 Å². The highest BCUT2D eigenvalue weighted by Gasteiger charge is 2.17. The summed E-state index contributed by atoms with van der Waals surface area (Å²) in [5.74, 6) is 1.42. The molecule has 0 spiro atoms. The Bertz CT molecular complexity index is 549. The molecule has 1 aliphatic heterocycles. The van der Waals surface area contributed by atoms with Crippen LogP contribution in [0.3, 0.4) is 0 Å². The monoisotopic (exact) mass is 261 g/mol. The Morgan fingerprint density at radius 1 is 1.32 bits per heavy atom. The minimum atomic E-state index is -0.290. The normalized spacial score (nSPS) is 16.7. The fourth-order valence-electron chi connectivity index (χ4n) is 2.42. The molecule has 4 nitrogen and oxygen atoms in total. The fourth-order valence-corrected chi connectivity index (χ4v) is 2.42. The molecule has 5 heteroatoms. The lowest BCUT2D eigenvalue weighted by molar-refractivity contribution is 0.313. The number of hydrogen-bond donors (Lipinski definition) is 1. The third-order valence-corrected chi connectivity index (χ3v) is 3.47. The van der Waals surface area contributed by atoms with Crippen molar-refractivity contribution in [3.8, 4) is 11.4 Å². The summed E-state index contributed by atoms with van der Waals surface area (Å²) in [5.41, 5.74) is 0.653. The first-order valence-corrected chi connectivity index (χ1v) is 6.60. The van der Waals surface area contributed by atoms with Crippen LogP contribution < -0.4 is 5.32 Å². The van der Waals surface area contributed by atoms with Crippen LogP contribution in [0.4, 0.5) is 4.39 Å². The van der Waals surface area contributed by atoms with Crippen LogP contribution in [-0.2, 0) is 6.42 Å². The lowest BCUT2D eigenvalue weighted by Gasteiger charge is -2.20. The van der Waals surface area contributed by atoms with Crippen molar-refractivity contribution in [2.75, 3.05) is 13.1 Å². The smallest absolute Gasteiger partial charge is 0.227 e. The summed E-state index contributed by atoms with van der Waals surface area (Å²) < 4.78 is 18.4. The first-order valence-electron chi connectivity index (χ1n) is 6.60. The summed E-state index contributed by atoms with van der Waals surface area (Å²) >= 11 is 0. The number of hydrogen-bond acceptors (Lipinski definition) is 4. The molecule has 0 amide bonds. The molecule has 0 bridgehead atoms. The molecule has 0 atom stereocenters. The summed E-state index contributed by atoms with van der Waals surface area (Å²) in [5, 5.41) is 7.25. The number of aromatic nitrogens is 2. The van der Waals surface area contributed by atoms with Gasteiger partial charge in [-0.2, -0.15) is 4.98 Å². The second-order valence-electron chi connectivity index (χ2n) is 4.92. The Kier molecular flexibility index (Phi) is 3.55. The lowest BCUT2D eigenvalue weighted by Crippen LogP contribution is -2.28. The van der Waals surface area contributed by atoms with E-state index in [1.807, 2.05) is 0 Å². The summed E-state index contributed by atoms with van der Waals surface area (Å²) in [7, 11) is 0. The Morgan fingerprint density at radius 2 is 2.16 bits per heavy atom. The van der Waals surface area contributed by atoms with Crippen LogP contribution in [0.2, 0.25) is 0 Å². The molecule has 0 radical (unpaired) electrons. The molecule has 1 aromatic heterocycles. The number of benzene rings is 1. The van der Waals surface area contributed by atoms with Gasteiger partial charge in [0.2, 0.25) is 11.7 Å². The quantitative estimate of drug-likeness (QED) is 0.922. The Hall–Kier alpha value is -1.75. The van der Waals surface area contributed by atoms with Crippen LogP contribution >= 0.6 is 0 Å². The van der Waals surface area contributed by atoms with E-state index in [9.17, 15) is 4.39 Å². The maximum Gasteiger partial charge on any atom is 0.227 e. The summed E-state index contributed by atoms with van der Waals surface area (Å²) in [6.07, 6.45) is 3.08. The molecule has 2 heterocycles. The summed E-state index contributed by atoms with van der Waals surface area (Å²) in [4.78, 5) is 4.35. The number of halogens is 1. The van der Waals surface area contributed by atoms with E-state index in [4.69, 9.17) is 4.52 Å². The van der Waals surface area contributed by atoms with E-state index in [2.05, 4.69) is 15.5 Å². The van der Waals surface area contributed by atoms with Crippen molar-refractivity contribution < 1.29 is 8.91 Å². The van der Waals surface area contributed by atoms with E-state index in [-0.39, 0.29) is 5.82 Å². The zero-order chi connectivity index (χ0) is 13.1. The van der Waals surface area contributed by atoms with E-state index in [1.54, 1.807) is 12.1 Å². The molecule has 0 saturated carbocycles. The Balaban J connectivity index is 1.72. The minimum Gasteiger partial charge on any atom is -0.339 e. The Labute approximate surface area is 111 Å². The van der Waals surface area contributed by atoms with Crippen molar-refractivity contribution in [1.82, 2.24) is 15.5 Å². The van der Waals surface area contributed by atoms with Crippen molar-refractivity contribution in [2.45, 2.75) is 19.3 Å². The van der Waals surface area contributed by atoms with E-state index >= 15 is 0 Å². The van der Waals surface area contributed by atoms with E-state index in [1.165, 1.54) is 12.1 Å². The van der Waals surface area contributed by atoms with Gasteiger partial charge in [-0.3, -0.25) is 0 Å². The van der Waals surface area contributed by atoms with Gasteiger partial charge in [0.25, 0.3) is 0 Å². The van der Waals surface area contributed by atoms with Gasteiger partial charge >= 0.3 is 0 Å². The third kappa shape index (κ3) is 2.98. The van der Waals surface area contributed by atoms with Gasteiger partial charge in [-0.25, -0.2) is 4.39 Å². The maximum atomic E-state index is 13.1. The molecule has 1 N–H and O–H groups in total. The van der Waals surface area contributed by atoms with E-state index in [0.29, 0.717) is 23.2 Å². The molecule has 19 heavy (non-hydrogen) atoms. The van der Waals surface area contributed by atoms with Gasteiger partial charge in [-0.1, -0.05) is 17.3 Å². The van der Waals surface area contributed by atoms with Crippen molar-refractivity contribution in [3.63, 3.8) is 0 Å². The average Bonchev–Trinajstić information content (AvgIpc) is 2.88. The fraction of sp³-hybridized carbons (Fsp3) is 0.429. The van der Waals surface area contributed by atoms with Crippen molar-refractivity contribution >= 4 is 0 Å². The van der Waals surface area contributed by atoms with Crippen LogP contribution in [0, 0.1) is 11.7 Å². The Morgan fingerprint density at radius 3 is 2.95 bits per heavy atom. The molecule has 1 fully saturated rings. The molecule has 1 aromatic carbocycles. The maximum absolute atomic E-state index is 13.1. The highest BCUT2D eigenvalue weighted by Crippen LogP contribution is 2.20. The minimum absolute atomic E-state index is 0.290. The molecule has 0 aliphatic carbocycles. The van der Waals surface area contributed by atoms with Crippen molar-refractivity contribution in [1.29, 1.82) is 0 Å². The van der Waals surface area contributed by atoms with Gasteiger partial charge < -0.3 is 9.84 Å². The average molecular weight is 261 g/mol. The predicted molar refractivity (Wildman–Crippen MR) is 69.0 cm³/mol. The van der Waals surface area contributed by atoms with Gasteiger partial charge in [-0.05, 0) is 44.0 Å². The second kappa shape index (κ2) is 5.48. The lowest BCUT2D eigenvalue weighted by atomic mass is 9.95. The first-order chi connectivity index (χ1) is 9.31. The van der Waals surface area contributed by atoms with E-state index in [0.717, 1.165) is 32.4 Å². The predicted octanol–water partition coefficient (Wildman–Crippen LogP) is 2.42. The topological polar surface area (TPSA) is 51.0 Å². The molecule has 2 aromatic rings. The van der Waals surface area contributed by atoms with Crippen molar-refractivity contribution in [2.24, 2.45) is 5.92 Å². The molecule has 1 aliphatic rings. The van der Waals surface area contributed by atoms with Gasteiger partial charge in [0.05, 0.1) is 0 Å². The van der Waals surface area contributed by atoms with E-state index < -0.39 is 0 Å². The SMILES string of the molecule is Fc1cccc(-c2noc(CC3CCNCC3)n2)c1.